The Hall–Kier alpha value is -1.48. The van der Waals surface area contributed by atoms with Crippen molar-refractivity contribution in [3.63, 3.8) is 0 Å². The first-order valence-electron chi connectivity index (χ1n) is 11.7. The fraction of sp³-hybridized carbons (Fsp3) is 0.708. The maximum Gasteiger partial charge on any atom is 0.221 e. The van der Waals surface area contributed by atoms with Crippen molar-refractivity contribution in [2.24, 2.45) is 0 Å². The van der Waals surface area contributed by atoms with Crippen LogP contribution in [-0.4, -0.2) is 79.3 Å². The zero-order chi connectivity index (χ0) is 23.7. The first-order chi connectivity index (χ1) is 15.2. The van der Waals surface area contributed by atoms with E-state index in [1.807, 2.05) is 26.0 Å². The third-order valence-electron chi connectivity index (χ3n) is 6.09. The zero-order valence-electron chi connectivity index (χ0n) is 20.7. The van der Waals surface area contributed by atoms with Crippen molar-refractivity contribution in [1.82, 2.24) is 19.8 Å². The van der Waals surface area contributed by atoms with Crippen molar-refractivity contribution in [3.8, 4) is 5.75 Å². The number of carbonyl (C=O) groups excluding carboxylic acids is 1. The van der Waals surface area contributed by atoms with Gasteiger partial charge >= 0.3 is 0 Å². The van der Waals surface area contributed by atoms with Crippen LogP contribution in [0.15, 0.2) is 17.0 Å². The van der Waals surface area contributed by atoms with E-state index >= 15 is 0 Å². The second-order valence-corrected chi connectivity index (χ2v) is 10.7. The Bertz CT molecular complexity index is 741. The average Bonchev–Trinajstić information content (AvgIpc) is 2.75. The summed E-state index contributed by atoms with van der Waals surface area (Å²) in [6.07, 6.45) is 5.75. The number of amides is 1. The van der Waals surface area contributed by atoms with Crippen LogP contribution >= 0.6 is 0 Å². The number of carbonyl (C=O) groups is 1. The Labute approximate surface area is 196 Å². The topological polar surface area (TPSA) is 73.9 Å². The van der Waals surface area contributed by atoms with Gasteiger partial charge in [0, 0.05) is 32.1 Å². The zero-order valence-corrected chi connectivity index (χ0v) is 21.5. The molecular formula is C24H42N4O3S. The van der Waals surface area contributed by atoms with Crippen LogP contribution in [0.1, 0.15) is 49.7 Å². The number of ether oxygens (including phenoxy) is 1. The van der Waals surface area contributed by atoms with Gasteiger partial charge in [-0.05, 0) is 96.4 Å². The van der Waals surface area contributed by atoms with Gasteiger partial charge < -0.3 is 20.3 Å². The number of rotatable bonds is 12. The standard InChI is InChI=1S/C24H42N4O3S/c1-18-16-22(31-6)17-19(2)24(18)32(30)28(5)15-12-23(29)26-21-10-8-20(9-11-21)25-13-7-14-27(3)4/h16-17,20-21,25H,7-15H2,1-6H3,(H,26,29). The van der Waals surface area contributed by atoms with Crippen molar-refractivity contribution in [1.29, 1.82) is 0 Å². The molecule has 0 heterocycles. The molecule has 1 fully saturated rings. The van der Waals surface area contributed by atoms with Crippen LogP contribution in [0.2, 0.25) is 0 Å². The summed E-state index contributed by atoms with van der Waals surface area (Å²) in [6, 6.07) is 4.61. The van der Waals surface area contributed by atoms with E-state index in [9.17, 15) is 9.00 Å². The summed E-state index contributed by atoms with van der Waals surface area (Å²) in [7, 11) is 6.33. The molecule has 8 heteroatoms. The first-order valence-corrected chi connectivity index (χ1v) is 12.8. The predicted molar refractivity (Wildman–Crippen MR) is 131 cm³/mol. The van der Waals surface area contributed by atoms with Gasteiger partial charge in [-0.25, -0.2) is 8.51 Å². The second kappa shape index (κ2) is 13.3. The van der Waals surface area contributed by atoms with E-state index in [0.717, 1.165) is 67.0 Å². The molecule has 32 heavy (non-hydrogen) atoms. The van der Waals surface area contributed by atoms with E-state index in [2.05, 4.69) is 29.6 Å². The van der Waals surface area contributed by atoms with Crippen LogP contribution in [0, 0.1) is 13.8 Å². The summed E-state index contributed by atoms with van der Waals surface area (Å²) in [5, 5.41) is 6.83. The molecule has 1 aromatic carbocycles. The van der Waals surface area contributed by atoms with E-state index in [1.165, 1.54) is 0 Å². The number of hydrogen-bond donors (Lipinski definition) is 2. The fourth-order valence-electron chi connectivity index (χ4n) is 4.24. The molecule has 0 spiro atoms. The van der Waals surface area contributed by atoms with Crippen LogP contribution in [0.5, 0.6) is 5.75 Å². The number of benzene rings is 1. The van der Waals surface area contributed by atoms with Gasteiger partial charge in [0.1, 0.15) is 16.7 Å². The van der Waals surface area contributed by atoms with Gasteiger partial charge in [-0.1, -0.05) is 0 Å². The van der Waals surface area contributed by atoms with Gasteiger partial charge in [-0.3, -0.25) is 4.79 Å². The Morgan fingerprint density at radius 1 is 1.06 bits per heavy atom. The van der Waals surface area contributed by atoms with E-state index in [4.69, 9.17) is 4.74 Å². The molecule has 7 nitrogen and oxygen atoms in total. The lowest BCUT2D eigenvalue weighted by Gasteiger charge is -2.30. The van der Waals surface area contributed by atoms with Crippen LogP contribution in [0.4, 0.5) is 0 Å². The quantitative estimate of drug-likeness (QED) is 0.463. The monoisotopic (exact) mass is 466 g/mol. The van der Waals surface area contributed by atoms with Crippen molar-refractivity contribution in [2.45, 2.75) is 69.4 Å². The Morgan fingerprint density at radius 2 is 1.66 bits per heavy atom. The third kappa shape index (κ3) is 8.46. The normalized spacial score (nSPS) is 19.9. The molecule has 0 bridgehead atoms. The summed E-state index contributed by atoms with van der Waals surface area (Å²) in [5.41, 5.74) is 1.87. The van der Waals surface area contributed by atoms with E-state index in [-0.39, 0.29) is 11.9 Å². The van der Waals surface area contributed by atoms with Gasteiger partial charge in [-0.15, -0.1) is 0 Å². The van der Waals surface area contributed by atoms with Gasteiger partial charge in [0.05, 0.1) is 12.0 Å². The van der Waals surface area contributed by atoms with Crippen molar-refractivity contribution < 1.29 is 13.7 Å². The maximum absolute atomic E-state index is 13.0. The van der Waals surface area contributed by atoms with E-state index < -0.39 is 11.0 Å². The number of aryl methyl sites for hydroxylation is 2. The molecule has 0 aromatic heterocycles. The molecule has 1 atom stereocenters. The van der Waals surface area contributed by atoms with E-state index in [1.54, 1.807) is 18.5 Å². The summed E-state index contributed by atoms with van der Waals surface area (Å²) >= 11 is 0. The molecule has 182 valence electrons. The summed E-state index contributed by atoms with van der Waals surface area (Å²) in [5.74, 6) is 0.806. The van der Waals surface area contributed by atoms with Gasteiger partial charge in [-0.2, -0.15) is 0 Å². The molecule has 1 unspecified atom stereocenters. The highest BCUT2D eigenvalue weighted by Crippen LogP contribution is 2.25. The minimum atomic E-state index is -1.31. The molecule has 1 aliphatic rings. The minimum absolute atomic E-state index is 0.0411. The number of nitrogens with zero attached hydrogens (tertiary/aromatic N) is 2. The largest absolute Gasteiger partial charge is 0.497 e. The SMILES string of the molecule is COc1cc(C)c(S(=O)N(C)CCC(=O)NC2CCC(NCCCN(C)C)CC2)c(C)c1. The Kier molecular flexibility index (Phi) is 11.1. The molecule has 0 saturated heterocycles. The molecular weight excluding hydrogens is 424 g/mol. The molecule has 2 N–H and O–H groups in total. The van der Waals surface area contributed by atoms with E-state index in [0.29, 0.717) is 19.0 Å². The summed E-state index contributed by atoms with van der Waals surface area (Å²) in [4.78, 5) is 15.5. The smallest absolute Gasteiger partial charge is 0.221 e. The van der Waals surface area contributed by atoms with Crippen molar-refractivity contribution >= 4 is 16.9 Å². The van der Waals surface area contributed by atoms with Crippen LogP contribution in [-0.2, 0) is 15.8 Å². The molecule has 1 aliphatic carbocycles. The molecule has 1 amide bonds. The molecule has 0 radical (unpaired) electrons. The average molecular weight is 467 g/mol. The maximum atomic E-state index is 13.0. The Balaban J connectivity index is 1.72. The molecule has 2 rings (SSSR count). The number of nitrogens with one attached hydrogen (secondary N) is 2. The van der Waals surface area contributed by atoms with Crippen molar-refractivity contribution in [3.05, 3.63) is 23.3 Å². The van der Waals surface area contributed by atoms with Crippen LogP contribution in [0.25, 0.3) is 0 Å². The fourth-order valence-corrected chi connectivity index (χ4v) is 5.48. The Morgan fingerprint density at radius 3 is 2.22 bits per heavy atom. The predicted octanol–water partition coefficient (Wildman–Crippen LogP) is 2.63. The summed E-state index contributed by atoms with van der Waals surface area (Å²) in [6.45, 7) is 6.49. The van der Waals surface area contributed by atoms with Crippen molar-refractivity contribution in [2.75, 3.05) is 47.9 Å². The van der Waals surface area contributed by atoms with Crippen LogP contribution < -0.4 is 15.4 Å². The lowest BCUT2D eigenvalue weighted by molar-refractivity contribution is -0.122. The van der Waals surface area contributed by atoms with Gasteiger partial charge in [0.15, 0.2) is 0 Å². The number of methoxy groups -OCH3 is 1. The van der Waals surface area contributed by atoms with Gasteiger partial charge in [0.2, 0.25) is 5.91 Å². The molecule has 1 saturated carbocycles. The summed E-state index contributed by atoms with van der Waals surface area (Å²) < 4.78 is 20.1. The molecule has 0 aliphatic heterocycles. The third-order valence-corrected chi connectivity index (χ3v) is 7.83. The van der Waals surface area contributed by atoms with Crippen LogP contribution in [0.3, 0.4) is 0 Å². The second-order valence-electron chi connectivity index (χ2n) is 9.17. The highest BCUT2D eigenvalue weighted by molar-refractivity contribution is 7.82. The highest BCUT2D eigenvalue weighted by atomic mass is 32.2. The van der Waals surface area contributed by atoms with Gasteiger partial charge in [0.25, 0.3) is 0 Å². The lowest BCUT2D eigenvalue weighted by Crippen LogP contribution is -2.43. The first kappa shape index (κ1) is 26.8. The number of hydrogen-bond acceptors (Lipinski definition) is 5. The highest BCUT2D eigenvalue weighted by Gasteiger charge is 2.23. The minimum Gasteiger partial charge on any atom is -0.497 e. The molecule has 1 aromatic rings. The lowest BCUT2D eigenvalue weighted by atomic mass is 9.91.